The van der Waals surface area contributed by atoms with Crippen molar-refractivity contribution in [2.75, 3.05) is 11.9 Å². The molecule has 0 fully saturated rings. The fraction of sp³-hybridized carbons (Fsp3) is 0.455. The Hall–Kier alpha value is -1.05. The second kappa shape index (κ2) is 4.85. The summed E-state index contributed by atoms with van der Waals surface area (Å²) in [5, 5.41) is 3.15. The molecule has 0 saturated carbocycles. The highest BCUT2D eigenvalue weighted by Gasteiger charge is 2.00. The molecule has 13 heavy (non-hydrogen) atoms. The molecule has 0 bridgehead atoms. The van der Waals surface area contributed by atoms with Gasteiger partial charge in [0.2, 0.25) is 0 Å². The minimum atomic E-state index is -0.108. The molecule has 1 rings (SSSR count). The SMILES string of the molecule is CCCNc1ccc(CC)c(F)c1. The lowest BCUT2D eigenvalue weighted by atomic mass is 10.1. The van der Waals surface area contributed by atoms with Gasteiger partial charge in [0.15, 0.2) is 0 Å². The molecular weight excluding hydrogens is 165 g/mol. The van der Waals surface area contributed by atoms with Crippen LogP contribution in [0.15, 0.2) is 18.2 Å². The molecule has 0 aromatic heterocycles. The van der Waals surface area contributed by atoms with Gasteiger partial charge in [-0.3, -0.25) is 0 Å². The number of halogens is 1. The molecule has 0 spiro atoms. The maximum Gasteiger partial charge on any atom is 0.128 e. The molecule has 72 valence electrons. The molecule has 0 radical (unpaired) electrons. The summed E-state index contributed by atoms with van der Waals surface area (Å²) in [7, 11) is 0. The van der Waals surface area contributed by atoms with Crippen LogP contribution in [0, 0.1) is 5.82 Å². The third-order valence-corrected chi connectivity index (χ3v) is 2.01. The van der Waals surface area contributed by atoms with Gasteiger partial charge < -0.3 is 5.32 Å². The zero-order valence-electron chi connectivity index (χ0n) is 8.23. The average Bonchev–Trinajstić information content (AvgIpc) is 2.15. The Kier molecular flexibility index (Phi) is 3.74. The molecule has 1 nitrogen and oxygen atoms in total. The maximum absolute atomic E-state index is 13.2. The molecule has 1 aromatic carbocycles. The van der Waals surface area contributed by atoms with E-state index in [4.69, 9.17) is 0 Å². The number of hydrogen-bond donors (Lipinski definition) is 1. The molecule has 0 aliphatic rings. The van der Waals surface area contributed by atoms with E-state index in [1.165, 1.54) is 0 Å². The van der Waals surface area contributed by atoms with E-state index in [-0.39, 0.29) is 5.82 Å². The molecule has 0 aliphatic heterocycles. The lowest BCUT2D eigenvalue weighted by Crippen LogP contribution is -2.00. The van der Waals surface area contributed by atoms with Gasteiger partial charge in [-0.15, -0.1) is 0 Å². The van der Waals surface area contributed by atoms with Gasteiger partial charge in [-0.05, 0) is 30.5 Å². The van der Waals surface area contributed by atoms with Crippen LogP contribution in [-0.2, 0) is 6.42 Å². The van der Waals surface area contributed by atoms with Gasteiger partial charge in [0.1, 0.15) is 5.82 Å². The third-order valence-electron chi connectivity index (χ3n) is 2.01. The molecule has 0 unspecified atom stereocenters. The minimum Gasteiger partial charge on any atom is -0.385 e. The molecular formula is C11H16FN. The second-order valence-corrected chi connectivity index (χ2v) is 3.09. The minimum absolute atomic E-state index is 0.108. The molecule has 0 heterocycles. The Balaban J connectivity index is 2.71. The number of benzene rings is 1. The first-order valence-corrected chi connectivity index (χ1v) is 4.80. The highest BCUT2D eigenvalue weighted by atomic mass is 19.1. The summed E-state index contributed by atoms with van der Waals surface area (Å²) in [5.41, 5.74) is 1.65. The average molecular weight is 181 g/mol. The summed E-state index contributed by atoms with van der Waals surface area (Å²) in [6.45, 7) is 4.94. The van der Waals surface area contributed by atoms with Crippen LogP contribution in [0.5, 0.6) is 0 Å². The van der Waals surface area contributed by atoms with Crippen LogP contribution >= 0.6 is 0 Å². The quantitative estimate of drug-likeness (QED) is 0.752. The van der Waals surface area contributed by atoms with Crippen LogP contribution in [0.25, 0.3) is 0 Å². The largest absolute Gasteiger partial charge is 0.385 e. The Morgan fingerprint density at radius 2 is 2.08 bits per heavy atom. The van der Waals surface area contributed by atoms with E-state index >= 15 is 0 Å². The van der Waals surface area contributed by atoms with Crippen molar-refractivity contribution in [2.24, 2.45) is 0 Å². The molecule has 0 atom stereocenters. The Morgan fingerprint density at radius 1 is 1.31 bits per heavy atom. The van der Waals surface area contributed by atoms with E-state index in [0.717, 1.165) is 30.6 Å². The zero-order chi connectivity index (χ0) is 9.68. The fourth-order valence-electron chi connectivity index (χ4n) is 1.21. The zero-order valence-corrected chi connectivity index (χ0v) is 8.23. The molecule has 2 heteroatoms. The number of rotatable bonds is 4. The summed E-state index contributed by atoms with van der Waals surface area (Å²) in [6, 6.07) is 5.33. The topological polar surface area (TPSA) is 12.0 Å². The highest BCUT2D eigenvalue weighted by Crippen LogP contribution is 2.14. The van der Waals surface area contributed by atoms with Crippen molar-refractivity contribution < 1.29 is 4.39 Å². The van der Waals surface area contributed by atoms with Gasteiger partial charge in [-0.2, -0.15) is 0 Å². The highest BCUT2D eigenvalue weighted by molar-refractivity contribution is 5.45. The van der Waals surface area contributed by atoms with Gasteiger partial charge in [-0.1, -0.05) is 19.9 Å². The number of anilines is 1. The molecule has 1 aromatic rings. The molecule has 0 saturated heterocycles. The van der Waals surface area contributed by atoms with Crippen LogP contribution in [0.3, 0.4) is 0 Å². The lowest BCUT2D eigenvalue weighted by molar-refractivity contribution is 0.612. The standard InChI is InChI=1S/C11H16FN/c1-3-7-13-10-6-5-9(4-2)11(12)8-10/h5-6,8,13H,3-4,7H2,1-2H3. The Labute approximate surface area is 79.0 Å². The van der Waals surface area contributed by atoms with E-state index in [2.05, 4.69) is 12.2 Å². The van der Waals surface area contributed by atoms with Crippen LogP contribution in [-0.4, -0.2) is 6.54 Å². The van der Waals surface area contributed by atoms with Crippen molar-refractivity contribution in [2.45, 2.75) is 26.7 Å². The fourth-order valence-corrected chi connectivity index (χ4v) is 1.21. The van der Waals surface area contributed by atoms with Crippen LogP contribution in [0.2, 0.25) is 0 Å². The van der Waals surface area contributed by atoms with Gasteiger partial charge in [-0.25, -0.2) is 4.39 Å². The van der Waals surface area contributed by atoms with E-state index in [9.17, 15) is 4.39 Å². The Bertz CT molecular complexity index is 271. The van der Waals surface area contributed by atoms with Crippen molar-refractivity contribution in [3.8, 4) is 0 Å². The summed E-state index contributed by atoms with van der Waals surface area (Å²) >= 11 is 0. The van der Waals surface area contributed by atoms with Crippen molar-refractivity contribution in [3.05, 3.63) is 29.6 Å². The summed E-state index contributed by atoms with van der Waals surface area (Å²) in [6.07, 6.45) is 1.80. The molecule has 1 N–H and O–H groups in total. The van der Waals surface area contributed by atoms with Crippen molar-refractivity contribution >= 4 is 5.69 Å². The van der Waals surface area contributed by atoms with Crippen molar-refractivity contribution in [3.63, 3.8) is 0 Å². The smallest absolute Gasteiger partial charge is 0.128 e. The summed E-state index contributed by atoms with van der Waals surface area (Å²) in [5.74, 6) is -0.108. The first kappa shape index (κ1) is 10.0. The number of nitrogens with one attached hydrogen (secondary N) is 1. The molecule has 0 aliphatic carbocycles. The van der Waals surface area contributed by atoms with Gasteiger partial charge >= 0.3 is 0 Å². The predicted octanol–water partition coefficient (Wildman–Crippen LogP) is 3.21. The van der Waals surface area contributed by atoms with Crippen LogP contribution in [0.1, 0.15) is 25.8 Å². The lowest BCUT2D eigenvalue weighted by Gasteiger charge is -2.06. The van der Waals surface area contributed by atoms with Gasteiger partial charge in [0, 0.05) is 12.2 Å². The van der Waals surface area contributed by atoms with Crippen molar-refractivity contribution in [1.82, 2.24) is 0 Å². The maximum atomic E-state index is 13.2. The third kappa shape index (κ3) is 2.72. The van der Waals surface area contributed by atoms with E-state index in [1.807, 2.05) is 19.1 Å². The van der Waals surface area contributed by atoms with Crippen molar-refractivity contribution in [1.29, 1.82) is 0 Å². The Morgan fingerprint density at radius 3 is 2.62 bits per heavy atom. The number of aryl methyl sites for hydroxylation is 1. The van der Waals surface area contributed by atoms with E-state index in [1.54, 1.807) is 6.07 Å². The number of hydrogen-bond acceptors (Lipinski definition) is 1. The van der Waals surface area contributed by atoms with E-state index < -0.39 is 0 Å². The van der Waals surface area contributed by atoms with Crippen LogP contribution in [0.4, 0.5) is 10.1 Å². The molecule has 0 amide bonds. The first-order valence-electron chi connectivity index (χ1n) is 4.80. The van der Waals surface area contributed by atoms with Gasteiger partial charge in [0.05, 0.1) is 0 Å². The monoisotopic (exact) mass is 181 g/mol. The second-order valence-electron chi connectivity index (χ2n) is 3.09. The van der Waals surface area contributed by atoms with E-state index in [0.29, 0.717) is 0 Å². The summed E-state index contributed by atoms with van der Waals surface area (Å²) < 4.78 is 13.2. The normalized spacial score (nSPS) is 10.1. The first-order chi connectivity index (χ1) is 6.27. The predicted molar refractivity (Wildman–Crippen MR) is 54.6 cm³/mol. The van der Waals surface area contributed by atoms with Gasteiger partial charge in [0.25, 0.3) is 0 Å². The van der Waals surface area contributed by atoms with Crippen LogP contribution < -0.4 is 5.32 Å². The summed E-state index contributed by atoms with van der Waals surface area (Å²) in [4.78, 5) is 0.